The lowest BCUT2D eigenvalue weighted by molar-refractivity contribution is -0.122. The maximum Gasteiger partial charge on any atom is 0.242 e. The lowest BCUT2D eigenvalue weighted by Gasteiger charge is -2.19. The van der Waals surface area contributed by atoms with Crippen molar-refractivity contribution in [1.82, 2.24) is 14.3 Å². The van der Waals surface area contributed by atoms with Gasteiger partial charge in [-0.2, -0.15) is 4.72 Å². The third-order valence-electron chi connectivity index (χ3n) is 5.50. The van der Waals surface area contributed by atoms with E-state index in [0.29, 0.717) is 11.3 Å². The molecule has 0 saturated carbocycles. The SMILES string of the molecule is COc1ccc(S(=O)(=O)N[C@H](Cc2ccccc2)C(=O)NCc2ccc(S(=O)(=O)N(C)C)cc2)cc1Cl. The highest BCUT2D eigenvalue weighted by Gasteiger charge is 2.27. The lowest BCUT2D eigenvalue weighted by Crippen LogP contribution is -2.47. The Hall–Kier alpha value is -2.96. The number of carbonyl (C=O) groups excluding carboxylic acids is 1. The summed E-state index contributed by atoms with van der Waals surface area (Å²) in [5.41, 5.74) is 1.41. The van der Waals surface area contributed by atoms with Crippen molar-refractivity contribution in [3.63, 3.8) is 0 Å². The Morgan fingerprint density at radius 3 is 2.11 bits per heavy atom. The number of ether oxygens (including phenoxy) is 1. The third kappa shape index (κ3) is 7.30. The molecule has 0 bridgehead atoms. The molecule has 37 heavy (non-hydrogen) atoms. The molecule has 1 amide bonds. The predicted octanol–water partition coefficient (Wildman–Crippen LogP) is 2.80. The molecule has 0 aliphatic rings. The summed E-state index contributed by atoms with van der Waals surface area (Å²) < 4.78 is 59.4. The minimum atomic E-state index is -4.11. The van der Waals surface area contributed by atoms with Crippen LogP contribution in [0.4, 0.5) is 0 Å². The van der Waals surface area contributed by atoms with Crippen LogP contribution >= 0.6 is 11.6 Å². The minimum Gasteiger partial charge on any atom is -0.495 e. The molecule has 0 saturated heterocycles. The molecule has 0 aliphatic heterocycles. The fourth-order valence-electron chi connectivity index (χ4n) is 3.41. The van der Waals surface area contributed by atoms with Crippen molar-refractivity contribution in [3.05, 3.63) is 88.9 Å². The topological polar surface area (TPSA) is 122 Å². The molecule has 0 heterocycles. The van der Waals surface area contributed by atoms with Gasteiger partial charge in [0.1, 0.15) is 11.8 Å². The maximum atomic E-state index is 13.1. The Bertz CT molecular complexity index is 1450. The Morgan fingerprint density at radius 1 is 0.919 bits per heavy atom. The van der Waals surface area contributed by atoms with Crippen molar-refractivity contribution in [2.24, 2.45) is 0 Å². The van der Waals surface area contributed by atoms with Gasteiger partial charge in [0.25, 0.3) is 0 Å². The zero-order valence-electron chi connectivity index (χ0n) is 20.5. The van der Waals surface area contributed by atoms with E-state index < -0.39 is 32.0 Å². The molecule has 0 spiro atoms. The summed E-state index contributed by atoms with van der Waals surface area (Å²) in [5.74, 6) is -0.222. The van der Waals surface area contributed by atoms with Crippen molar-refractivity contribution in [2.75, 3.05) is 21.2 Å². The molecule has 0 aliphatic carbocycles. The van der Waals surface area contributed by atoms with Crippen LogP contribution in [0.3, 0.4) is 0 Å². The number of methoxy groups -OCH3 is 1. The van der Waals surface area contributed by atoms with Crippen molar-refractivity contribution >= 4 is 37.6 Å². The van der Waals surface area contributed by atoms with Gasteiger partial charge in [0.15, 0.2) is 0 Å². The van der Waals surface area contributed by atoms with Crippen LogP contribution in [0.2, 0.25) is 5.02 Å². The van der Waals surface area contributed by atoms with Gasteiger partial charge in [-0.05, 0) is 47.9 Å². The van der Waals surface area contributed by atoms with Gasteiger partial charge in [-0.15, -0.1) is 0 Å². The molecule has 0 fully saturated rings. The minimum absolute atomic E-state index is 0.0719. The van der Waals surface area contributed by atoms with Gasteiger partial charge in [0.2, 0.25) is 26.0 Å². The molecule has 2 N–H and O–H groups in total. The van der Waals surface area contributed by atoms with Gasteiger partial charge in [0.05, 0.1) is 21.9 Å². The van der Waals surface area contributed by atoms with E-state index in [0.717, 1.165) is 9.87 Å². The maximum absolute atomic E-state index is 13.1. The Balaban J connectivity index is 1.79. The Kier molecular flexibility index (Phi) is 9.32. The van der Waals surface area contributed by atoms with Gasteiger partial charge in [-0.3, -0.25) is 4.79 Å². The van der Waals surface area contributed by atoms with Gasteiger partial charge >= 0.3 is 0 Å². The second kappa shape index (κ2) is 12.1. The van der Waals surface area contributed by atoms with Crippen LogP contribution < -0.4 is 14.8 Å². The quantitative estimate of drug-likeness (QED) is 0.369. The van der Waals surface area contributed by atoms with Crippen LogP contribution in [0.5, 0.6) is 5.75 Å². The van der Waals surface area contributed by atoms with Gasteiger partial charge < -0.3 is 10.1 Å². The highest BCUT2D eigenvalue weighted by atomic mass is 35.5. The average Bonchev–Trinajstić information content (AvgIpc) is 2.87. The molecule has 12 heteroatoms. The molecule has 3 aromatic carbocycles. The average molecular weight is 566 g/mol. The van der Waals surface area contributed by atoms with Crippen LogP contribution in [0.25, 0.3) is 0 Å². The second-order valence-electron chi connectivity index (χ2n) is 8.31. The van der Waals surface area contributed by atoms with Gasteiger partial charge in [0, 0.05) is 20.6 Å². The zero-order valence-corrected chi connectivity index (χ0v) is 22.9. The van der Waals surface area contributed by atoms with E-state index in [9.17, 15) is 21.6 Å². The number of nitrogens with one attached hydrogen (secondary N) is 2. The normalized spacial score (nSPS) is 12.8. The number of amides is 1. The van der Waals surface area contributed by atoms with E-state index in [1.807, 2.05) is 6.07 Å². The van der Waals surface area contributed by atoms with E-state index in [1.165, 1.54) is 51.5 Å². The fraction of sp³-hybridized carbons (Fsp3) is 0.240. The van der Waals surface area contributed by atoms with Crippen LogP contribution in [0.1, 0.15) is 11.1 Å². The summed E-state index contributed by atoms with van der Waals surface area (Å²) in [4.78, 5) is 13.1. The van der Waals surface area contributed by atoms with E-state index >= 15 is 0 Å². The molecular weight excluding hydrogens is 538 g/mol. The van der Waals surface area contributed by atoms with Crippen molar-refractivity contribution in [1.29, 1.82) is 0 Å². The summed E-state index contributed by atoms with van der Waals surface area (Å²) in [5, 5.41) is 2.85. The summed E-state index contributed by atoms with van der Waals surface area (Å²) in [6, 6.07) is 18.0. The van der Waals surface area contributed by atoms with E-state index in [4.69, 9.17) is 16.3 Å². The molecule has 0 unspecified atom stereocenters. The fourth-order valence-corrected chi connectivity index (χ4v) is 5.86. The number of hydrogen-bond acceptors (Lipinski definition) is 6. The monoisotopic (exact) mass is 565 g/mol. The third-order valence-corrected chi connectivity index (χ3v) is 9.09. The predicted molar refractivity (Wildman–Crippen MR) is 141 cm³/mol. The van der Waals surface area contributed by atoms with Crippen LogP contribution in [0.15, 0.2) is 82.6 Å². The number of hydrogen-bond donors (Lipinski definition) is 2. The first kappa shape index (κ1) is 28.6. The van der Waals surface area contributed by atoms with E-state index in [-0.39, 0.29) is 27.8 Å². The Labute approximate surface area is 222 Å². The number of sulfonamides is 2. The molecule has 0 radical (unpaired) electrons. The first-order valence-electron chi connectivity index (χ1n) is 11.1. The van der Waals surface area contributed by atoms with E-state index in [2.05, 4.69) is 10.0 Å². The van der Waals surface area contributed by atoms with Gasteiger partial charge in [-0.25, -0.2) is 21.1 Å². The van der Waals surface area contributed by atoms with Crippen LogP contribution in [-0.4, -0.2) is 54.3 Å². The highest BCUT2D eigenvalue weighted by molar-refractivity contribution is 7.89. The molecule has 1 atom stereocenters. The number of nitrogens with zero attached hydrogens (tertiary/aromatic N) is 1. The standard InChI is InChI=1S/C25H28ClN3O6S2/c1-29(2)37(33,34)20-11-9-19(10-12-20)17-27-25(30)23(15-18-7-5-4-6-8-18)28-36(31,32)21-13-14-24(35-3)22(26)16-21/h4-14,16,23,28H,15,17H2,1-3H3,(H,27,30)/t23-/m1/s1. The summed E-state index contributed by atoms with van der Waals surface area (Å²) in [6.45, 7) is 0.0719. The lowest BCUT2D eigenvalue weighted by atomic mass is 10.1. The molecule has 3 rings (SSSR count). The van der Waals surface area contributed by atoms with Crippen LogP contribution in [-0.2, 0) is 37.8 Å². The number of halogens is 1. The van der Waals surface area contributed by atoms with Crippen molar-refractivity contribution in [2.45, 2.75) is 28.8 Å². The second-order valence-corrected chi connectivity index (χ2v) is 12.6. The number of benzene rings is 3. The molecule has 9 nitrogen and oxygen atoms in total. The first-order chi connectivity index (χ1) is 17.4. The smallest absolute Gasteiger partial charge is 0.242 e. The molecule has 198 valence electrons. The largest absolute Gasteiger partial charge is 0.495 e. The molecule has 3 aromatic rings. The molecule has 0 aromatic heterocycles. The Morgan fingerprint density at radius 2 is 1.54 bits per heavy atom. The first-order valence-corrected chi connectivity index (χ1v) is 14.4. The van der Waals surface area contributed by atoms with E-state index in [1.54, 1.807) is 36.4 Å². The summed E-state index contributed by atoms with van der Waals surface area (Å²) >= 11 is 6.10. The van der Waals surface area contributed by atoms with Crippen molar-refractivity contribution in [3.8, 4) is 5.75 Å². The number of rotatable bonds is 11. The van der Waals surface area contributed by atoms with Crippen LogP contribution in [0, 0.1) is 0 Å². The number of carbonyl (C=O) groups is 1. The van der Waals surface area contributed by atoms with Crippen molar-refractivity contribution < 1.29 is 26.4 Å². The summed E-state index contributed by atoms with van der Waals surface area (Å²) in [6.07, 6.45) is 0.107. The zero-order chi connectivity index (χ0) is 27.2. The van der Waals surface area contributed by atoms with Gasteiger partial charge in [-0.1, -0.05) is 54.1 Å². The highest BCUT2D eigenvalue weighted by Crippen LogP contribution is 2.27. The molecular formula is C25H28ClN3O6S2. The summed E-state index contributed by atoms with van der Waals surface area (Å²) in [7, 11) is -3.38.